The third-order valence-electron chi connectivity index (χ3n) is 2.94. The predicted octanol–water partition coefficient (Wildman–Crippen LogP) is 2.24. The topological polar surface area (TPSA) is 79.1 Å². The zero-order valence-corrected chi connectivity index (χ0v) is 11.7. The van der Waals surface area contributed by atoms with E-state index in [0.29, 0.717) is 11.3 Å². The van der Waals surface area contributed by atoms with Gasteiger partial charge in [0.1, 0.15) is 11.3 Å². The van der Waals surface area contributed by atoms with Crippen LogP contribution in [0.3, 0.4) is 0 Å². The molecule has 3 aromatic rings. The average molecular weight is 296 g/mol. The number of carbonyl (C=O) groups excluding carboxylic acids is 1. The van der Waals surface area contributed by atoms with Gasteiger partial charge < -0.3 is 9.47 Å². The Labute approximate surface area is 126 Å². The first kappa shape index (κ1) is 13.7. The maximum Gasteiger partial charge on any atom is 0.345 e. The number of rotatable bonds is 4. The zero-order chi connectivity index (χ0) is 15.4. The summed E-state index contributed by atoms with van der Waals surface area (Å²) < 4.78 is 11.9. The summed E-state index contributed by atoms with van der Waals surface area (Å²) in [6.45, 7) is 0. The number of benzene rings is 2. The van der Waals surface area contributed by atoms with E-state index in [9.17, 15) is 4.79 Å². The molecule has 2 aromatic carbocycles. The predicted molar refractivity (Wildman–Crippen MR) is 77.0 cm³/mol. The summed E-state index contributed by atoms with van der Waals surface area (Å²) in [6, 6.07) is 16.2. The molecule has 22 heavy (non-hydrogen) atoms. The van der Waals surface area contributed by atoms with E-state index < -0.39 is 5.97 Å². The van der Waals surface area contributed by atoms with Gasteiger partial charge in [0, 0.05) is 0 Å². The van der Waals surface area contributed by atoms with Crippen molar-refractivity contribution in [2.75, 3.05) is 7.11 Å². The lowest BCUT2D eigenvalue weighted by Crippen LogP contribution is -2.05. The molecule has 0 amide bonds. The molecule has 1 heterocycles. The second kappa shape index (κ2) is 6.04. The van der Waals surface area contributed by atoms with Crippen LogP contribution in [0.1, 0.15) is 10.4 Å². The first-order valence-electron chi connectivity index (χ1n) is 6.48. The number of para-hydroxylation sites is 2. The number of methoxy groups -OCH3 is 1. The molecule has 3 rings (SSSR count). The molecule has 0 saturated carbocycles. The van der Waals surface area contributed by atoms with Crippen molar-refractivity contribution in [3.05, 3.63) is 60.2 Å². The lowest BCUT2D eigenvalue weighted by Gasteiger charge is -2.09. The maximum absolute atomic E-state index is 11.8. The maximum atomic E-state index is 11.8. The monoisotopic (exact) mass is 296 g/mol. The molecule has 0 atom stereocenters. The third-order valence-corrected chi connectivity index (χ3v) is 2.94. The van der Waals surface area contributed by atoms with E-state index >= 15 is 0 Å². The van der Waals surface area contributed by atoms with Crippen LogP contribution in [0, 0.1) is 0 Å². The van der Waals surface area contributed by atoms with E-state index in [4.69, 9.17) is 9.47 Å². The van der Waals surface area contributed by atoms with Crippen molar-refractivity contribution in [1.29, 1.82) is 0 Å². The van der Waals surface area contributed by atoms with Crippen LogP contribution in [-0.2, 0) is 4.74 Å². The quantitative estimate of drug-likeness (QED) is 0.687. The summed E-state index contributed by atoms with van der Waals surface area (Å²) >= 11 is 0. The van der Waals surface area contributed by atoms with Crippen LogP contribution >= 0.6 is 0 Å². The molecule has 7 nitrogen and oxygen atoms in total. The number of hydrogen-bond donors (Lipinski definition) is 0. The first-order chi connectivity index (χ1) is 10.8. The minimum atomic E-state index is -0.491. The summed E-state index contributed by atoms with van der Waals surface area (Å²) in [5.74, 6) is -0.171. The molecule has 0 aliphatic carbocycles. The standard InChI is InChI=1S/C15H12N4O3/c1-21-14(20)12-9-5-6-10-13(12)22-15-16-17-18-19(15)11-7-3-2-4-8-11/h2-10H,1H3. The van der Waals surface area contributed by atoms with Crippen LogP contribution in [-0.4, -0.2) is 33.3 Å². The van der Waals surface area contributed by atoms with Crippen molar-refractivity contribution in [2.45, 2.75) is 0 Å². The van der Waals surface area contributed by atoms with Crippen molar-refractivity contribution in [2.24, 2.45) is 0 Å². The molecule has 0 aliphatic rings. The van der Waals surface area contributed by atoms with Crippen LogP contribution in [0.4, 0.5) is 0 Å². The summed E-state index contributed by atoms with van der Waals surface area (Å²) in [7, 11) is 1.31. The molecule has 0 bridgehead atoms. The van der Waals surface area contributed by atoms with Crippen LogP contribution in [0.2, 0.25) is 0 Å². The summed E-state index contributed by atoms with van der Waals surface area (Å²) in [4.78, 5) is 11.8. The lowest BCUT2D eigenvalue weighted by molar-refractivity contribution is 0.0597. The molecule has 0 N–H and O–H groups in total. The highest BCUT2D eigenvalue weighted by atomic mass is 16.5. The smallest absolute Gasteiger partial charge is 0.345 e. The molecule has 0 aliphatic heterocycles. The normalized spacial score (nSPS) is 10.2. The molecule has 0 saturated heterocycles. The van der Waals surface area contributed by atoms with Gasteiger partial charge in [0.25, 0.3) is 0 Å². The van der Waals surface area contributed by atoms with E-state index in [1.54, 1.807) is 24.3 Å². The molecule has 0 spiro atoms. The Bertz CT molecular complexity index is 786. The lowest BCUT2D eigenvalue weighted by atomic mass is 10.2. The van der Waals surface area contributed by atoms with Gasteiger partial charge >= 0.3 is 12.0 Å². The second-order valence-electron chi connectivity index (χ2n) is 4.30. The van der Waals surface area contributed by atoms with Gasteiger partial charge in [0.15, 0.2) is 0 Å². The van der Waals surface area contributed by atoms with Crippen molar-refractivity contribution >= 4 is 5.97 Å². The van der Waals surface area contributed by atoms with Crippen molar-refractivity contribution in [3.8, 4) is 17.4 Å². The fourth-order valence-electron chi connectivity index (χ4n) is 1.91. The third kappa shape index (κ3) is 2.64. The Morgan fingerprint density at radius 3 is 2.55 bits per heavy atom. The van der Waals surface area contributed by atoms with E-state index in [2.05, 4.69) is 15.5 Å². The number of carbonyl (C=O) groups is 1. The highest BCUT2D eigenvalue weighted by Gasteiger charge is 2.16. The number of esters is 1. The SMILES string of the molecule is COC(=O)c1ccccc1Oc1nnnn1-c1ccccc1. The molecule has 0 fully saturated rings. The highest BCUT2D eigenvalue weighted by Crippen LogP contribution is 2.25. The number of tetrazole rings is 1. The number of nitrogens with zero attached hydrogens (tertiary/aromatic N) is 4. The van der Waals surface area contributed by atoms with Gasteiger partial charge in [-0.05, 0) is 34.7 Å². The van der Waals surface area contributed by atoms with Crippen LogP contribution < -0.4 is 4.74 Å². The fraction of sp³-hybridized carbons (Fsp3) is 0.0667. The average Bonchev–Trinajstić information content (AvgIpc) is 3.03. The van der Waals surface area contributed by atoms with Crippen molar-refractivity contribution in [3.63, 3.8) is 0 Å². The second-order valence-corrected chi connectivity index (χ2v) is 4.30. The molecule has 7 heteroatoms. The van der Waals surface area contributed by atoms with Gasteiger partial charge in [-0.15, -0.1) is 0 Å². The first-order valence-corrected chi connectivity index (χ1v) is 6.48. The van der Waals surface area contributed by atoms with E-state index in [0.717, 1.165) is 5.69 Å². The largest absolute Gasteiger partial charge is 0.465 e. The number of aromatic nitrogens is 4. The minimum absolute atomic E-state index is 0.155. The Kier molecular flexibility index (Phi) is 3.78. The Balaban J connectivity index is 1.96. The van der Waals surface area contributed by atoms with Crippen LogP contribution in [0.15, 0.2) is 54.6 Å². The Morgan fingerprint density at radius 2 is 1.77 bits per heavy atom. The summed E-state index contributed by atoms with van der Waals surface area (Å²) in [5.41, 5.74) is 1.05. The van der Waals surface area contributed by atoms with Gasteiger partial charge in [-0.1, -0.05) is 35.4 Å². The molecule has 0 radical (unpaired) electrons. The minimum Gasteiger partial charge on any atom is -0.465 e. The van der Waals surface area contributed by atoms with Crippen LogP contribution in [0.25, 0.3) is 5.69 Å². The molecule has 1 aromatic heterocycles. The molecular weight excluding hydrogens is 284 g/mol. The van der Waals surface area contributed by atoms with Crippen LogP contribution in [0.5, 0.6) is 11.8 Å². The fourth-order valence-corrected chi connectivity index (χ4v) is 1.91. The Morgan fingerprint density at radius 1 is 1.05 bits per heavy atom. The molecule has 0 unspecified atom stereocenters. The van der Waals surface area contributed by atoms with Gasteiger partial charge in [-0.25, -0.2) is 4.79 Å². The van der Waals surface area contributed by atoms with Gasteiger partial charge in [-0.2, -0.15) is 4.68 Å². The molecule has 110 valence electrons. The summed E-state index contributed by atoms with van der Waals surface area (Å²) in [6.07, 6.45) is 0. The zero-order valence-electron chi connectivity index (χ0n) is 11.7. The van der Waals surface area contributed by atoms with E-state index in [1.165, 1.54) is 11.8 Å². The van der Waals surface area contributed by atoms with Crippen molar-refractivity contribution in [1.82, 2.24) is 20.2 Å². The van der Waals surface area contributed by atoms with E-state index in [-0.39, 0.29) is 6.01 Å². The van der Waals surface area contributed by atoms with Crippen molar-refractivity contribution < 1.29 is 14.3 Å². The Hall–Kier alpha value is -3.22. The van der Waals surface area contributed by atoms with Gasteiger partial charge in [-0.3, -0.25) is 0 Å². The molecular formula is C15H12N4O3. The number of ether oxygens (including phenoxy) is 2. The highest BCUT2D eigenvalue weighted by molar-refractivity contribution is 5.92. The number of hydrogen-bond acceptors (Lipinski definition) is 6. The van der Waals surface area contributed by atoms with Gasteiger partial charge in [0.2, 0.25) is 0 Å². The van der Waals surface area contributed by atoms with Gasteiger partial charge in [0.05, 0.1) is 12.8 Å². The summed E-state index contributed by atoms with van der Waals surface area (Å²) in [5, 5.41) is 11.3. The van der Waals surface area contributed by atoms with E-state index in [1.807, 2.05) is 30.3 Å².